The highest BCUT2D eigenvalue weighted by molar-refractivity contribution is 5.96. The molecular weight excluding hydrogens is 448 g/mol. The molecule has 0 heterocycles. The van der Waals surface area contributed by atoms with Crippen LogP contribution in [0.4, 0.5) is 4.79 Å². The number of ether oxygens (including phenoxy) is 1. The molecule has 0 radical (unpaired) electrons. The predicted octanol–water partition coefficient (Wildman–Crippen LogP) is 2.94. The Labute approximate surface area is 202 Å². The van der Waals surface area contributed by atoms with E-state index in [1.165, 1.54) is 11.1 Å². The summed E-state index contributed by atoms with van der Waals surface area (Å²) in [5.41, 5.74) is 5.81. The van der Waals surface area contributed by atoms with E-state index in [1.807, 2.05) is 24.3 Å². The number of amides is 2. The molecule has 3 aromatic carbocycles. The Bertz CT molecular complexity index is 1180. The number of hydrogen-bond donors (Lipinski definition) is 4. The van der Waals surface area contributed by atoms with Gasteiger partial charge in [0.15, 0.2) is 6.04 Å². The molecule has 180 valence electrons. The van der Waals surface area contributed by atoms with Gasteiger partial charge in [-0.1, -0.05) is 60.7 Å². The van der Waals surface area contributed by atoms with E-state index in [2.05, 4.69) is 34.9 Å². The highest BCUT2D eigenvalue weighted by Gasteiger charge is 2.29. The standard InChI is InChI=1S/C27H26N2O6/c30-15-24(26(32)33)29-25(31)18-11-9-17(10-12-18)13-14-28-27(34)35-16-23-21-7-3-1-5-19(21)20-6-2-4-8-22(20)23/h1-12,23-24,30H,13-16H2,(H,28,34)(H,29,31)(H,32,33). The van der Waals surface area contributed by atoms with Gasteiger partial charge < -0.3 is 25.6 Å². The average Bonchev–Trinajstić information content (AvgIpc) is 3.20. The van der Waals surface area contributed by atoms with Gasteiger partial charge in [-0.2, -0.15) is 0 Å². The minimum absolute atomic E-state index is 0.00148. The van der Waals surface area contributed by atoms with Crippen LogP contribution in [0.25, 0.3) is 11.1 Å². The van der Waals surface area contributed by atoms with Gasteiger partial charge in [-0.3, -0.25) is 4.79 Å². The summed E-state index contributed by atoms with van der Waals surface area (Å²) in [6.45, 7) is -0.0939. The summed E-state index contributed by atoms with van der Waals surface area (Å²) in [5, 5.41) is 22.9. The first-order valence-corrected chi connectivity index (χ1v) is 11.3. The van der Waals surface area contributed by atoms with Crippen LogP contribution < -0.4 is 10.6 Å². The topological polar surface area (TPSA) is 125 Å². The highest BCUT2D eigenvalue weighted by Crippen LogP contribution is 2.44. The van der Waals surface area contributed by atoms with Gasteiger partial charge in [0.25, 0.3) is 5.91 Å². The maximum absolute atomic E-state index is 12.3. The number of fused-ring (bicyclic) bond motifs is 3. The molecule has 4 rings (SSSR count). The lowest BCUT2D eigenvalue weighted by molar-refractivity contribution is -0.140. The molecule has 8 heteroatoms. The third-order valence-corrected chi connectivity index (χ3v) is 6.03. The molecule has 1 aliphatic rings. The van der Waals surface area contributed by atoms with Crippen molar-refractivity contribution in [2.24, 2.45) is 0 Å². The van der Waals surface area contributed by atoms with E-state index in [9.17, 15) is 14.4 Å². The Morgan fingerprint density at radius 2 is 1.49 bits per heavy atom. The van der Waals surface area contributed by atoms with Gasteiger partial charge in [0.2, 0.25) is 0 Å². The summed E-state index contributed by atoms with van der Waals surface area (Å²) in [4.78, 5) is 35.3. The number of carbonyl (C=O) groups is 3. The molecule has 0 saturated carbocycles. The molecule has 0 spiro atoms. The van der Waals surface area contributed by atoms with Crippen molar-refractivity contribution in [3.63, 3.8) is 0 Å². The number of aliphatic hydroxyl groups is 1. The minimum atomic E-state index is -1.36. The van der Waals surface area contributed by atoms with Crippen LogP contribution in [0.3, 0.4) is 0 Å². The fourth-order valence-electron chi connectivity index (χ4n) is 4.21. The summed E-state index contributed by atoms with van der Waals surface area (Å²) >= 11 is 0. The second-order valence-electron chi connectivity index (χ2n) is 8.25. The zero-order valence-corrected chi connectivity index (χ0v) is 18.9. The maximum Gasteiger partial charge on any atom is 0.407 e. The van der Waals surface area contributed by atoms with Gasteiger partial charge in [-0.15, -0.1) is 0 Å². The van der Waals surface area contributed by atoms with Crippen molar-refractivity contribution in [3.8, 4) is 11.1 Å². The van der Waals surface area contributed by atoms with Crippen LogP contribution in [0.1, 0.15) is 33.0 Å². The zero-order chi connectivity index (χ0) is 24.8. The molecule has 0 bridgehead atoms. The number of carboxylic acid groups (broad SMARTS) is 1. The average molecular weight is 475 g/mol. The fourth-order valence-corrected chi connectivity index (χ4v) is 4.21. The third-order valence-electron chi connectivity index (χ3n) is 6.03. The molecule has 3 aromatic rings. The van der Waals surface area contributed by atoms with E-state index >= 15 is 0 Å². The molecule has 8 nitrogen and oxygen atoms in total. The number of rotatable bonds is 9. The lowest BCUT2D eigenvalue weighted by Crippen LogP contribution is -2.43. The van der Waals surface area contributed by atoms with Crippen molar-refractivity contribution < 1.29 is 29.3 Å². The quantitative estimate of drug-likeness (QED) is 0.378. The second-order valence-corrected chi connectivity index (χ2v) is 8.25. The number of hydrogen-bond acceptors (Lipinski definition) is 5. The van der Waals surface area contributed by atoms with E-state index in [0.717, 1.165) is 16.7 Å². The van der Waals surface area contributed by atoms with Gasteiger partial charge in [0, 0.05) is 18.0 Å². The fraction of sp³-hybridized carbons (Fsp3) is 0.222. The van der Waals surface area contributed by atoms with E-state index in [0.29, 0.717) is 13.0 Å². The number of aliphatic carboxylic acids is 1. The molecule has 35 heavy (non-hydrogen) atoms. The molecule has 1 atom stereocenters. The summed E-state index contributed by atoms with van der Waals surface area (Å²) in [7, 11) is 0. The summed E-state index contributed by atoms with van der Waals surface area (Å²) in [5.74, 6) is -1.90. The van der Waals surface area contributed by atoms with Gasteiger partial charge in [0.1, 0.15) is 6.61 Å². The summed E-state index contributed by atoms with van der Waals surface area (Å²) in [6.07, 6.45) is 0.0343. The van der Waals surface area contributed by atoms with Crippen molar-refractivity contribution in [2.45, 2.75) is 18.4 Å². The third kappa shape index (κ3) is 5.50. The van der Waals surface area contributed by atoms with Crippen molar-refractivity contribution in [1.82, 2.24) is 10.6 Å². The molecule has 0 saturated heterocycles. The largest absolute Gasteiger partial charge is 0.480 e. The number of carbonyl (C=O) groups excluding carboxylic acids is 2. The Morgan fingerprint density at radius 1 is 0.886 bits per heavy atom. The minimum Gasteiger partial charge on any atom is -0.480 e. The molecular formula is C27H26N2O6. The van der Waals surface area contributed by atoms with E-state index in [1.54, 1.807) is 24.3 Å². The van der Waals surface area contributed by atoms with Gasteiger partial charge in [-0.05, 0) is 46.4 Å². The monoisotopic (exact) mass is 474 g/mol. The lowest BCUT2D eigenvalue weighted by Gasteiger charge is -2.14. The number of nitrogens with one attached hydrogen (secondary N) is 2. The molecule has 2 amide bonds. The Balaban J connectivity index is 1.25. The van der Waals surface area contributed by atoms with Crippen molar-refractivity contribution >= 4 is 18.0 Å². The number of carboxylic acids is 1. The van der Waals surface area contributed by atoms with Crippen molar-refractivity contribution in [2.75, 3.05) is 19.8 Å². The summed E-state index contributed by atoms with van der Waals surface area (Å²) < 4.78 is 5.52. The van der Waals surface area contributed by atoms with Crippen molar-refractivity contribution in [3.05, 3.63) is 95.1 Å². The molecule has 4 N–H and O–H groups in total. The van der Waals surface area contributed by atoms with E-state index < -0.39 is 30.6 Å². The maximum atomic E-state index is 12.3. The molecule has 1 aliphatic carbocycles. The van der Waals surface area contributed by atoms with Crippen molar-refractivity contribution in [1.29, 1.82) is 0 Å². The normalized spacial score (nSPS) is 12.8. The number of alkyl carbamates (subject to hydrolysis) is 1. The highest BCUT2D eigenvalue weighted by atomic mass is 16.5. The Hall–Kier alpha value is -4.17. The van der Waals surface area contributed by atoms with Crippen LogP contribution in [-0.4, -0.2) is 54.0 Å². The molecule has 0 aliphatic heterocycles. The Kier molecular flexibility index (Phi) is 7.42. The van der Waals surface area contributed by atoms with Crippen LogP contribution in [-0.2, 0) is 16.0 Å². The van der Waals surface area contributed by atoms with Crippen LogP contribution in [0.5, 0.6) is 0 Å². The lowest BCUT2D eigenvalue weighted by atomic mass is 9.98. The summed E-state index contributed by atoms with van der Waals surface area (Å²) in [6, 6.07) is 21.5. The molecule has 0 fully saturated rings. The van der Waals surface area contributed by atoms with Gasteiger partial charge in [0.05, 0.1) is 6.61 Å². The number of aliphatic hydroxyl groups excluding tert-OH is 1. The van der Waals surface area contributed by atoms with Gasteiger partial charge in [-0.25, -0.2) is 9.59 Å². The van der Waals surface area contributed by atoms with E-state index in [-0.39, 0.29) is 18.1 Å². The number of benzene rings is 3. The van der Waals surface area contributed by atoms with Crippen LogP contribution in [0.2, 0.25) is 0 Å². The molecule has 0 aromatic heterocycles. The second kappa shape index (κ2) is 10.8. The molecule has 1 unspecified atom stereocenters. The smallest absolute Gasteiger partial charge is 0.407 e. The zero-order valence-electron chi connectivity index (χ0n) is 18.9. The van der Waals surface area contributed by atoms with Crippen LogP contribution in [0, 0.1) is 0 Å². The Morgan fingerprint density at radius 3 is 2.06 bits per heavy atom. The first-order chi connectivity index (χ1) is 17.0. The first kappa shape index (κ1) is 24.0. The SMILES string of the molecule is O=C(NCCc1ccc(C(=O)NC(CO)C(=O)O)cc1)OCC1c2ccccc2-c2ccccc21. The van der Waals surface area contributed by atoms with Crippen LogP contribution >= 0.6 is 0 Å². The van der Waals surface area contributed by atoms with Crippen LogP contribution in [0.15, 0.2) is 72.8 Å². The van der Waals surface area contributed by atoms with E-state index in [4.69, 9.17) is 14.9 Å². The predicted molar refractivity (Wildman–Crippen MR) is 129 cm³/mol. The van der Waals surface area contributed by atoms with Gasteiger partial charge >= 0.3 is 12.1 Å². The first-order valence-electron chi connectivity index (χ1n) is 11.3.